The smallest absolute Gasteiger partial charge is 0.110 e. The van der Waals surface area contributed by atoms with Crippen LogP contribution in [-0.2, 0) is 16.8 Å². The Kier molecular flexibility index (Phi) is 3.18. The molecule has 0 amide bonds. The fraction of sp³-hybridized carbons (Fsp3) is 0.579. The van der Waals surface area contributed by atoms with Crippen molar-refractivity contribution in [2.45, 2.75) is 43.9 Å². The largest absolute Gasteiger partial charge is 0.390 e. The minimum absolute atomic E-state index is 0.180. The van der Waals surface area contributed by atoms with Gasteiger partial charge in [0.1, 0.15) is 5.60 Å². The van der Waals surface area contributed by atoms with Crippen molar-refractivity contribution in [3.05, 3.63) is 35.5 Å². The number of hydrogen-bond donors (Lipinski definition) is 2. The molecule has 1 aromatic heterocycles. The first kappa shape index (κ1) is 15.2. The third-order valence-corrected chi connectivity index (χ3v) is 6.15. The SMILES string of the molecule is CO[C@]12C[C@H](C(C)(C)O)CN(C)[C@@H]1Cc1c[nH]c3cccc2c13. The van der Waals surface area contributed by atoms with Gasteiger partial charge in [-0.3, -0.25) is 4.90 Å². The molecule has 2 aromatic rings. The maximum atomic E-state index is 10.6. The molecule has 4 nitrogen and oxygen atoms in total. The summed E-state index contributed by atoms with van der Waals surface area (Å²) < 4.78 is 6.23. The van der Waals surface area contributed by atoms with Crippen LogP contribution in [0, 0.1) is 5.92 Å². The van der Waals surface area contributed by atoms with Crippen molar-refractivity contribution in [2.75, 3.05) is 20.7 Å². The Labute approximate surface area is 137 Å². The molecule has 1 aliphatic carbocycles. The number of H-pyrrole nitrogens is 1. The molecule has 0 saturated carbocycles. The van der Waals surface area contributed by atoms with Crippen molar-refractivity contribution in [3.63, 3.8) is 0 Å². The molecule has 1 saturated heterocycles. The number of piperidine rings is 1. The Balaban J connectivity index is 1.92. The molecule has 0 radical (unpaired) electrons. The predicted molar refractivity (Wildman–Crippen MR) is 91.5 cm³/mol. The van der Waals surface area contributed by atoms with E-state index < -0.39 is 5.60 Å². The number of hydrogen-bond acceptors (Lipinski definition) is 3. The van der Waals surface area contributed by atoms with Crippen LogP contribution in [0.3, 0.4) is 0 Å². The van der Waals surface area contributed by atoms with Crippen LogP contribution in [0.4, 0.5) is 0 Å². The summed E-state index contributed by atoms with van der Waals surface area (Å²) in [6.45, 7) is 4.73. The molecule has 2 N–H and O–H groups in total. The molecule has 4 rings (SSSR count). The van der Waals surface area contributed by atoms with Crippen LogP contribution in [0.5, 0.6) is 0 Å². The van der Waals surface area contributed by atoms with Crippen molar-refractivity contribution in [1.29, 1.82) is 0 Å². The number of ether oxygens (including phenoxy) is 1. The van der Waals surface area contributed by atoms with Gasteiger partial charge in [0, 0.05) is 42.7 Å². The first-order chi connectivity index (χ1) is 10.9. The van der Waals surface area contributed by atoms with Crippen LogP contribution in [-0.4, -0.2) is 47.3 Å². The van der Waals surface area contributed by atoms with Crippen molar-refractivity contribution in [1.82, 2.24) is 9.88 Å². The Morgan fingerprint density at radius 1 is 1.39 bits per heavy atom. The number of nitrogens with zero attached hydrogens (tertiary/aromatic N) is 1. The maximum Gasteiger partial charge on any atom is 0.110 e. The normalized spacial score (nSPS) is 31.3. The summed E-state index contributed by atoms with van der Waals surface area (Å²) in [5, 5.41) is 11.9. The number of methoxy groups -OCH3 is 1. The second-order valence-corrected chi connectivity index (χ2v) is 7.85. The second-order valence-electron chi connectivity index (χ2n) is 7.85. The minimum Gasteiger partial charge on any atom is -0.390 e. The fourth-order valence-electron chi connectivity index (χ4n) is 4.79. The van der Waals surface area contributed by atoms with Gasteiger partial charge in [0.25, 0.3) is 0 Å². The summed E-state index contributed by atoms with van der Waals surface area (Å²) in [7, 11) is 3.98. The highest BCUT2D eigenvalue weighted by Crippen LogP contribution is 2.50. The van der Waals surface area contributed by atoms with Crippen molar-refractivity contribution >= 4 is 10.9 Å². The van der Waals surface area contributed by atoms with Crippen molar-refractivity contribution in [2.24, 2.45) is 5.92 Å². The van der Waals surface area contributed by atoms with Crippen LogP contribution >= 0.6 is 0 Å². The van der Waals surface area contributed by atoms with E-state index in [1.165, 1.54) is 22.0 Å². The van der Waals surface area contributed by atoms with E-state index in [1.807, 2.05) is 21.0 Å². The number of rotatable bonds is 2. The van der Waals surface area contributed by atoms with Crippen LogP contribution in [0.2, 0.25) is 0 Å². The Hall–Kier alpha value is -1.36. The van der Waals surface area contributed by atoms with Crippen LogP contribution in [0.25, 0.3) is 10.9 Å². The first-order valence-corrected chi connectivity index (χ1v) is 8.44. The van der Waals surface area contributed by atoms with Gasteiger partial charge in [-0.2, -0.15) is 0 Å². The maximum absolute atomic E-state index is 10.6. The summed E-state index contributed by atoms with van der Waals surface area (Å²) in [6, 6.07) is 6.75. The topological polar surface area (TPSA) is 48.5 Å². The van der Waals surface area contributed by atoms with Gasteiger partial charge in [-0.1, -0.05) is 12.1 Å². The third kappa shape index (κ3) is 2.02. The summed E-state index contributed by atoms with van der Waals surface area (Å²) in [6.07, 6.45) is 3.98. The third-order valence-electron chi connectivity index (χ3n) is 6.15. The number of likely N-dealkylation sites (N-methyl/N-ethyl adjacent to an activating group) is 1. The molecule has 0 bridgehead atoms. The number of nitrogens with one attached hydrogen (secondary N) is 1. The van der Waals surface area contributed by atoms with Gasteiger partial charge in [-0.15, -0.1) is 0 Å². The van der Waals surface area contributed by atoms with Gasteiger partial charge in [-0.25, -0.2) is 0 Å². The summed E-state index contributed by atoms with van der Waals surface area (Å²) in [5.41, 5.74) is 2.76. The van der Waals surface area contributed by atoms with E-state index in [0.717, 1.165) is 19.4 Å². The van der Waals surface area contributed by atoms with Crippen molar-refractivity contribution in [3.8, 4) is 0 Å². The molecule has 1 aliphatic heterocycles. The zero-order valence-electron chi connectivity index (χ0n) is 14.4. The number of fused-ring (bicyclic) bond motifs is 2. The lowest BCUT2D eigenvalue weighted by atomic mass is 9.66. The fourth-order valence-corrected chi connectivity index (χ4v) is 4.79. The van der Waals surface area contributed by atoms with E-state index in [0.29, 0.717) is 6.04 Å². The Morgan fingerprint density at radius 2 is 2.17 bits per heavy atom. The van der Waals surface area contributed by atoms with E-state index in [1.54, 1.807) is 0 Å². The molecule has 2 heterocycles. The number of benzene rings is 1. The number of aromatic amines is 1. The van der Waals surface area contributed by atoms with Crippen LogP contribution in [0.1, 0.15) is 31.4 Å². The van der Waals surface area contributed by atoms with Crippen LogP contribution < -0.4 is 0 Å². The van der Waals surface area contributed by atoms with E-state index in [9.17, 15) is 5.11 Å². The highest BCUT2D eigenvalue weighted by atomic mass is 16.5. The molecule has 0 unspecified atom stereocenters. The van der Waals surface area contributed by atoms with E-state index in [-0.39, 0.29) is 11.5 Å². The Morgan fingerprint density at radius 3 is 2.87 bits per heavy atom. The number of aromatic nitrogens is 1. The standard InChI is InChI=1S/C19H26N2O2/c1-18(2,22)13-9-19(23-4)14-6-5-7-15-17(14)12(10-20-15)8-16(19)21(3)11-13/h5-7,10,13,16,20,22H,8-9,11H2,1-4H3/t13-,16+,19-/m0/s1. The van der Waals surface area contributed by atoms with Gasteiger partial charge in [-0.05, 0) is 50.9 Å². The van der Waals surface area contributed by atoms with Gasteiger partial charge in [0.15, 0.2) is 0 Å². The minimum atomic E-state index is -0.711. The monoisotopic (exact) mass is 314 g/mol. The Bertz CT molecular complexity index is 745. The quantitative estimate of drug-likeness (QED) is 0.896. The molecule has 0 spiro atoms. The molecule has 124 valence electrons. The number of likely N-dealkylation sites (tertiary alicyclic amines) is 1. The first-order valence-electron chi connectivity index (χ1n) is 8.44. The number of aliphatic hydroxyl groups is 1. The predicted octanol–water partition coefficient (Wildman–Crippen LogP) is 2.66. The van der Waals surface area contributed by atoms with Gasteiger partial charge in [0.2, 0.25) is 0 Å². The molecular weight excluding hydrogens is 288 g/mol. The summed E-state index contributed by atoms with van der Waals surface area (Å²) >= 11 is 0. The molecule has 2 aliphatic rings. The van der Waals surface area contributed by atoms with E-state index >= 15 is 0 Å². The zero-order valence-corrected chi connectivity index (χ0v) is 14.4. The van der Waals surface area contributed by atoms with Crippen LogP contribution in [0.15, 0.2) is 24.4 Å². The second kappa shape index (κ2) is 4.82. The lowest BCUT2D eigenvalue weighted by Gasteiger charge is -2.55. The summed E-state index contributed by atoms with van der Waals surface area (Å²) in [5.74, 6) is 0.180. The molecule has 23 heavy (non-hydrogen) atoms. The lowest BCUT2D eigenvalue weighted by Crippen LogP contribution is -2.62. The van der Waals surface area contributed by atoms with Crippen molar-refractivity contribution < 1.29 is 9.84 Å². The lowest BCUT2D eigenvalue weighted by molar-refractivity contribution is -0.154. The highest BCUT2D eigenvalue weighted by Gasteiger charge is 2.53. The van der Waals surface area contributed by atoms with Gasteiger partial charge in [0.05, 0.1) is 5.60 Å². The molecular formula is C19H26N2O2. The van der Waals surface area contributed by atoms with E-state index in [2.05, 4.69) is 41.3 Å². The molecule has 3 atom stereocenters. The zero-order chi connectivity index (χ0) is 16.4. The summed E-state index contributed by atoms with van der Waals surface area (Å²) in [4.78, 5) is 5.78. The molecule has 1 fully saturated rings. The highest BCUT2D eigenvalue weighted by molar-refractivity contribution is 5.88. The average molecular weight is 314 g/mol. The molecule has 4 heteroatoms. The van der Waals surface area contributed by atoms with Gasteiger partial charge >= 0.3 is 0 Å². The van der Waals surface area contributed by atoms with E-state index in [4.69, 9.17) is 4.74 Å². The average Bonchev–Trinajstić information content (AvgIpc) is 2.92. The molecule has 1 aromatic carbocycles. The van der Waals surface area contributed by atoms with Gasteiger partial charge < -0.3 is 14.8 Å².